The van der Waals surface area contributed by atoms with Crippen molar-refractivity contribution in [2.75, 3.05) is 45.9 Å². The number of carbonyl (C=O) groups excluding carboxylic acids is 2. The van der Waals surface area contributed by atoms with Crippen molar-refractivity contribution in [3.8, 4) is 5.75 Å². The Morgan fingerprint density at radius 1 is 1.09 bits per heavy atom. The number of likely N-dealkylation sites (tertiary alicyclic amines) is 1. The highest BCUT2D eigenvalue weighted by molar-refractivity contribution is 5.88. The van der Waals surface area contributed by atoms with Gasteiger partial charge in [0.05, 0.1) is 6.54 Å². The molecule has 1 saturated heterocycles. The third-order valence-corrected chi connectivity index (χ3v) is 6.24. The zero-order valence-electron chi connectivity index (χ0n) is 20.7. The fourth-order valence-corrected chi connectivity index (χ4v) is 4.33. The highest BCUT2D eigenvalue weighted by atomic mass is 16.5. The van der Waals surface area contributed by atoms with Crippen LogP contribution >= 0.6 is 0 Å². The van der Waals surface area contributed by atoms with Crippen molar-refractivity contribution in [2.24, 2.45) is 0 Å². The van der Waals surface area contributed by atoms with E-state index in [2.05, 4.69) is 52.2 Å². The van der Waals surface area contributed by atoms with Gasteiger partial charge in [-0.2, -0.15) is 0 Å². The SMILES string of the molecule is CC/C=C1\CN[C@@H](C)COc2ccccc2CCCNC(=O)C(CN2CCCC2)NC(=O)CN1. The van der Waals surface area contributed by atoms with Crippen molar-refractivity contribution < 1.29 is 14.3 Å². The fourth-order valence-electron chi connectivity index (χ4n) is 4.33. The lowest BCUT2D eigenvalue weighted by Crippen LogP contribution is -2.54. The van der Waals surface area contributed by atoms with Crippen LogP contribution in [0.5, 0.6) is 5.75 Å². The van der Waals surface area contributed by atoms with Gasteiger partial charge >= 0.3 is 0 Å². The fraction of sp³-hybridized carbons (Fsp3) is 0.615. The van der Waals surface area contributed by atoms with E-state index in [1.165, 1.54) is 0 Å². The van der Waals surface area contributed by atoms with E-state index in [-0.39, 0.29) is 24.4 Å². The van der Waals surface area contributed by atoms with Crippen LogP contribution in [-0.2, 0) is 16.0 Å². The molecular weight excluding hydrogens is 430 g/mol. The molecular formula is C26H41N5O3. The van der Waals surface area contributed by atoms with Gasteiger partial charge in [0.2, 0.25) is 11.8 Å². The first-order valence-electron chi connectivity index (χ1n) is 12.7. The van der Waals surface area contributed by atoms with Gasteiger partial charge in [0.25, 0.3) is 0 Å². The summed E-state index contributed by atoms with van der Waals surface area (Å²) in [4.78, 5) is 27.9. The molecule has 1 aromatic carbocycles. The van der Waals surface area contributed by atoms with Crippen LogP contribution in [0.25, 0.3) is 0 Å². The van der Waals surface area contributed by atoms with Gasteiger partial charge in [-0.25, -0.2) is 0 Å². The molecule has 2 heterocycles. The van der Waals surface area contributed by atoms with Crippen molar-refractivity contribution in [1.82, 2.24) is 26.2 Å². The average molecular weight is 472 g/mol. The molecule has 1 unspecified atom stereocenters. The van der Waals surface area contributed by atoms with Crippen molar-refractivity contribution in [3.05, 3.63) is 41.6 Å². The molecule has 8 nitrogen and oxygen atoms in total. The van der Waals surface area contributed by atoms with Crippen LogP contribution in [0.3, 0.4) is 0 Å². The maximum Gasteiger partial charge on any atom is 0.243 e. The Morgan fingerprint density at radius 2 is 1.88 bits per heavy atom. The Labute approximate surface area is 203 Å². The highest BCUT2D eigenvalue weighted by Crippen LogP contribution is 2.19. The Hall–Kier alpha value is -2.58. The zero-order chi connectivity index (χ0) is 24.2. The summed E-state index contributed by atoms with van der Waals surface area (Å²) < 4.78 is 6.11. The number of allylic oxidation sites excluding steroid dienone is 1. The van der Waals surface area contributed by atoms with Gasteiger partial charge in [-0.3, -0.25) is 9.59 Å². The van der Waals surface area contributed by atoms with Crippen LogP contribution in [-0.4, -0.2) is 74.7 Å². The van der Waals surface area contributed by atoms with Crippen molar-refractivity contribution in [2.45, 2.75) is 58.0 Å². The number of nitrogens with one attached hydrogen (secondary N) is 4. The van der Waals surface area contributed by atoms with Crippen molar-refractivity contribution in [3.63, 3.8) is 0 Å². The summed E-state index contributed by atoms with van der Waals surface area (Å²) in [5.41, 5.74) is 2.10. The van der Waals surface area contributed by atoms with Gasteiger partial charge in [0, 0.05) is 31.4 Å². The van der Waals surface area contributed by atoms with E-state index in [4.69, 9.17) is 4.74 Å². The molecule has 2 atom stereocenters. The summed E-state index contributed by atoms with van der Waals surface area (Å²) >= 11 is 0. The summed E-state index contributed by atoms with van der Waals surface area (Å²) in [5.74, 6) is 0.601. The van der Waals surface area contributed by atoms with Crippen LogP contribution in [0.4, 0.5) is 0 Å². The lowest BCUT2D eigenvalue weighted by atomic mass is 10.1. The first-order chi connectivity index (χ1) is 16.5. The topological polar surface area (TPSA) is 94.7 Å². The minimum atomic E-state index is -0.557. The van der Waals surface area contributed by atoms with Crippen LogP contribution in [0.1, 0.15) is 45.1 Å². The molecule has 34 heavy (non-hydrogen) atoms. The predicted octanol–water partition coefficient (Wildman–Crippen LogP) is 1.57. The molecule has 188 valence electrons. The van der Waals surface area contributed by atoms with Gasteiger partial charge in [-0.05, 0) is 63.7 Å². The molecule has 1 aromatic rings. The van der Waals surface area contributed by atoms with Gasteiger partial charge in [-0.1, -0.05) is 31.2 Å². The van der Waals surface area contributed by atoms with E-state index in [0.29, 0.717) is 26.2 Å². The average Bonchev–Trinajstić information content (AvgIpc) is 3.35. The standard InChI is InChI=1S/C26H41N5O3/c1-3-9-22-16-28-20(2)19-34-24-12-5-4-10-21(24)11-8-13-27-26(33)23(30-25(32)17-29-22)18-31-14-6-7-15-31/h4-5,9-10,12,20,23,28-29H,3,6-8,11,13-19H2,1-2H3,(H,27,33)(H,30,32)/b22-9+/t20-,23?/m0/s1. The number of benzene rings is 1. The van der Waals surface area contributed by atoms with Gasteiger partial charge in [0.1, 0.15) is 18.4 Å². The van der Waals surface area contributed by atoms with E-state index >= 15 is 0 Å². The summed E-state index contributed by atoms with van der Waals surface area (Å²) in [6.45, 7) is 8.51. The highest BCUT2D eigenvalue weighted by Gasteiger charge is 2.25. The maximum absolute atomic E-state index is 13.0. The Kier molecular flexibility index (Phi) is 10.7. The second-order valence-electron chi connectivity index (χ2n) is 9.21. The largest absolute Gasteiger partial charge is 0.492 e. The number of hydrogen-bond donors (Lipinski definition) is 4. The number of ether oxygens (including phenoxy) is 1. The lowest BCUT2D eigenvalue weighted by molar-refractivity contribution is -0.129. The smallest absolute Gasteiger partial charge is 0.243 e. The second kappa shape index (κ2) is 14.0. The molecule has 0 aromatic heterocycles. The molecule has 2 aliphatic heterocycles. The summed E-state index contributed by atoms with van der Waals surface area (Å²) in [7, 11) is 0. The zero-order valence-corrected chi connectivity index (χ0v) is 20.7. The number of amides is 2. The minimum Gasteiger partial charge on any atom is -0.492 e. The quantitative estimate of drug-likeness (QED) is 0.535. The summed E-state index contributed by atoms with van der Waals surface area (Å²) in [6.07, 6.45) is 6.84. The number of carbonyl (C=O) groups is 2. The molecule has 0 radical (unpaired) electrons. The van der Waals surface area contributed by atoms with E-state index in [0.717, 1.165) is 62.2 Å². The van der Waals surface area contributed by atoms with Crippen molar-refractivity contribution in [1.29, 1.82) is 0 Å². The monoisotopic (exact) mass is 471 g/mol. The number of fused-ring (bicyclic) bond motifs is 1. The third-order valence-electron chi connectivity index (χ3n) is 6.24. The van der Waals surface area contributed by atoms with Crippen molar-refractivity contribution >= 4 is 11.8 Å². The van der Waals surface area contributed by atoms with E-state index in [1.54, 1.807) is 0 Å². The van der Waals surface area contributed by atoms with Crippen LogP contribution < -0.4 is 26.0 Å². The van der Waals surface area contributed by atoms with E-state index in [1.807, 2.05) is 18.2 Å². The first-order valence-corrected chi connectivity index (χ1v) is 12.7. The van der Waals surface area contributed by atoms with E-state index in [9.17, 15) is 9.59 Å². The minimum absolute atomic E-state index is 0.120. The molecule has 0 aliphatic carbocycles. The van der Waals surface area contributed by atoms with E-state index < -0.39 is 6.04 Å². The molecule has 3 rings (SSSR count). The number of nitrogens with zero attached hydrogens (tertiary/aromatic N) is 1. The van der Waals surface area contributed by atoms with Gasteiger partial charge < -0.3 is 30.9 Å². The number of aryl methyl sites for hydroxylation is 1. The molecule has 4 N–H and O–H groups in total. The third kappa shape index (κ3) is 8.65. The molecule has 0 bridgehead atoms. The number of rotatable bonds is 3. The molecule has 0 spiro atoms. The first kappa shape index (κ1) is 26.0. The number of para-hydroxylation sites is 1. The molecule has 0 saturated carbocycles. The van der Waals surface area contributed by atoms with Gasteiger partial charge in [-0.15, -0.1) is 0 Å². The molecule has 2 aliphatic rings. The molecule has 1 fully saturated rings. The lowest BCUT2D eigenvalue weighted by Gasteiger charge is -2.24. The molecule has 8 heteroatoms. The normalized spacial score (nSPS) is 25.3. The van der Waals surface area contributed by atoms with Gasteiger partial charge in [0.15, 0.2) is 0 Å². The Balaban J connectivity index is 1.70. The molecule has 2 amide bonds. The summed E-state index contributed by atoms with van der Waals surface area (Å²) in [5, 5.41) is 12.7. The summed E-state index contributed by atoms with van der Waals surface area (Å²) in [6, 6.07) is 7.68. The number of hydrogen-bond acceptors (Lipinski definition) is 6. The second-order valence-corrected chi connectivity index (χ2v) is 9.21. The Bertz CT molecular complexity index is 822. The van der Waals surface area contributed by atoms with Crippen LogP contribution in [0.15, 0.2) is 36.0 Å². The Morgan fingerprint density at radius 3 is 2.68 bits per heavy atom. The predicted molar refractivity (Wildman–Crippen MR) is 135 cm³/mol. The maximum atomic E-state index is 13.0. The van der Waals surface area contributed by atoms with Crippen LogP contribution in [0.2, 0.25) is 0 Å². The van der Waals surface area contributed by atoms with Crippen LogP contribution in [0, 0.1) is 0 Å².